The van der Waals surface area contributed by atoms with Gasteiger partial charge in [-0.25, -0.2) is 4.79 Å². The third kappa shape index (κ3) is 4.19. The maximum Gasteiger partial charge on any atom is 0.329 e. The van der Waals surface area contributed by atoms with Gasteiger partial charge in [0.2, 0.25) is 5.91 Å². The van der Waals surface area contributed by atoms with E-state index < -0.39 is 11.5 Å². The number of carbonyl (C=O) groups excluding carboxylic acids is 1. The minimum atomic E-state index is -1.12. The van der Waals surface area contributed by atoms with Crippen molar-refractivity contribution in [3.8, 4) is 0 Å². The highest BCUT2D eigenvalue weighted by molar-refractivity contribution is 5.87. The number of hydrogen-bond donors (Lipinski definition) is 2. The fourth-order valence-electron chi connectivity index (χ4n) is 3.36. The zero-order chi connectivity index (χ0) is 15.5. The molecule has 0 aromatic carbocycles. The molecule has 1 amide bonds. The topological polar surface area (TPSA) is 75.6 Å². The molecule has 1 heterocycles. The third-order valence-corrected chi connectivity index (χ3v) is 5.07. The molecule has 21 heavy (non-hydrogen) atoms. The molecule has 120 valence electrons. The molecule has 5 heteroatoms. The van der Waals surface area contributed by atoms with Gasteiger partial charge in [0, 0.05) is 32.5 Å². The fourth-order valence-corrected chi connectivity index (χ4v) is 3.36. The van der Waals surface area contributed by atoms with Gasteiger partial charge in [-0.3, -0.25) is 4.79 Å². The number of carboxylic acid groups (broad SMARTS) is 1. The summed E-state index contributed by atoms with van der Waals surface area (Å²) in [7, 11) is 0. The van der Waals surface area contributed by atoms with Crippen LogP contribution in [-0.4, -0.2) is 35.7 Å². The molecule has 2 rings (SSSR count). The summed E-state index contributed by atoms with van der Waals surface area (Å²) < 4.78 is 5.21. The maximum atomic E-state index is 12.2. The van der Waals surface area contributed by atoms with Crippen LogP contribution in [-0.2, 0) is 14.3 Å². The second kappa shape index (κ2) is 6.34. The van der Waals surface area contributed by atoms with E-state index in [1.165, 1.54) is 0 Å². The molecule has 5 nitrogen and oxygen atoms in total. The molecule has 1 saturated heterocycles. The number of hydrogen-bond acceptors (Lipinski definition) is 3. The average Bonchev–Trinajstić information content (AvgIpc) is 2.42. The van der Waals surface area contributed by atoms with Crippen molar-refractivity contribution >= 4 is 11.9 Å². The van der Waals surface area contributed by atoms with Gasteiger partial charge >= 0.3 is 5.97 Å². The Kier molecular flexibility index (Phi) is 4.91. The molecule has 1 saturated carbocycles. The summed E-state index contributed by atoms with van der Waals surface area (Å²) in [4.78, 5) is 23.8. The molecular weight excluding hydrogens is 270 g/mol. The second-order valence-electron chi connectivity index (χ2n) is 7.36. The van der Waals surface area contributed by atoms with E-state index in [-0.39, 0.29) is 5.91 Å². The van der Waals surface area contributed by atoms with Gasteiger partial charge in [-0.1, -0.05) is 13.8 Å². The molecule has 0 spiro atoms. The SMILES string of the molecule is CC1(C)CCC(CC(=O)NC2(C(=O)O)CCOCC2)CC1. The zero-order valence-corrected chi connectivity index (χ0v) is 13.1. The van der Waals surface area contributed by atoms with Crippen molar-refractivity contribution in [3.63, 3.8) is 0 Å². The standard InChI is InChI=1S/C16H27NO4/c1-15(2)5-3-12(4-6-15)11-13(18)17-16(14(19)20)7-9-21-10-8-16/h12H,3-11H2,1-2H3,(H,17,18)(H,19,20). The summed E-state index contributed by atoms with van der Waals surface area (Å²) in [5.74, 6) is -0.670. The van der Waals surface area contributed by atoms with E-state index in [4.69, 9.17) is 4.74 Å². The summed E-state index contributed by atoms with van der Waals surface area (Å²) in [5, 5.41) is 12.2. The molecule has 0 unspecified atom stereocenters. The van der Waals surface area contributed by atoms with Gasteiger partial charge in [0.05, 0.1) is 0 Å². The maximum absolute atomic E-state index is 12.2. The summed E-state index contributed by atoms with van der Waals surface area (Å²) in [6, 6.07) is 0. The first-order chi connectivity index (χ1) is 9.83. The lowest BCUT2D eigenvalue weighted by Crippen LogP contribution is -2.57. The Balaban J connectivity index is 1.87. The molecule has 1 aliphatic carbocycles. The van der Waals surface area contributed by atoms with Gasteiger partial charge in [0.15, 0.2) is 0 Å². The van der Waals surface area contributed by atoms with Gasteiger partial charge in [-0.2, -0.15) is 0 Å². The molecule has 2 N–H and O–H groups in total. The highest BCUT2D eigenvalue weighted by Gasteiger charge is 2.42. The van der Waals surface area contributed by atoms with E-state index >= 15 is 0 Å². The predicted molar refractivity (Wildman–Crippen MR) is 78.9 cm³/mol. The van der Waals surface area contributed by atoms with Crippen molar-refractivity contribution in [1.82, 2.24) is 5.32 Å². The van der Waals surface area contributed by atoms with Crippen LogP contribution in [0, 0.1) is 11.3 Å². The number of rotatable bonds is 4. The normalized spacial score (nSPS) is 25.2. The molecule has 2 fully saturated rings. The van der Waals surface area contributed by atoms with Crippen LogP contribution in [0.25, 0.3) is 0 Å². The lowest BCUT2D eigenvalue weighted by Gasteiger charge is -2.36. The second-order valence-corrected chi connectivity index (χ2v) is 7.36. The Hall–Kier alpha value is -1.10. The van der Waals surface area contributed by atoms with Gasteiger partial charge in [-0.15, -0.1) is 0 Å². The first-order valence-electron chi connectivity index (χ1n) is 7.95. The summed E-state index contributed by atoms with van der Waals surface area (Å²) in [6.45, 7) is 5.32. The van der Waals surface area contributed by atoms with Gasteiger partial charge in [0.25, 0.3) is 0 Å². The van der Waals surface area contributed by atoms with E-state index in [9.17, 15) is 14.7 Å². The zero-order valence-electron chi connectivity index (χ0n) is 13.1. The summed E-state index contributed by atoms with van der Waals surface area (Å²) in [6.07, 6.45) is 5.56. The third-order valence-electron chi connectivity index (χ3n) is 5.07. The summed E-state index contributed by atoms with van der Waals surface area (Å²) >= 11 is 0. The Labute approximate surface area is 126 Å². The lowest BCUT2D eigenvalue weighted by atomic mass is 9.72. The Morgan fingerprint density at radius 3 is 2.24 bits per heavy atom. The first kappa shape index (κ1) is 16.3. The van der Waals surface area contributed by atoms with E-state index in [1.807, 2.05) is 0 Å². The molecule has 0 radical (unpaired) electrons. The Morgan fingerprint density at radius 2 is 1.71 bits per heavy atom. The molecule has 0 aromatic heterocycles. The minimum absolute atomic E-state index is 0.121. The number of amides is 1. The highest BCUT2D eigenvalue weighted by Crippen LogP contribution is 2.39. The van der Waals surface area contributed by atoms with E-state index in [0.29, 0.717) is 43.8 Å². The predicted octanol–water partition coefficient (Wildman–Crippen LogP) is 2.34. The van der Waals surface area contributed by atoms with Crippen LogP contribution in [0.2, 0.25) is 0 Å². The van der Waals surface area contributed by atoms with E-state index in [2.05, 4.69) is 19.2 Å². The largest absolute Gasteiger partial charge is 0.480 e. The lowest BCUT2D eigenvalue weighted by molar-refractivity contribution is -0.152. The van der Waals surface area contributed by atoms with Crippen molar-refractivity contribution < 1.29 is 19.4 Å². The van der Waals surface area contributed by atoms with E-state index in [0.717, 1.165) is 25.7 Å². The first-order valence-corrected chi connectivity index (χ1v) is 7.95. The van der Waals surface area contributed by atoms with Crippen molar-refractivity contribution in [3.05, 3.63) is 0 Å². The van der Waals surface area contributed by atoms with Crippen LogP contribution >= 0.6 is 0 Å². The van der Waals surface area contributed by atoms with Crippen molar-refractivity contribution in [2.45, 2.75) is 64.3 Å². The van der Waals surface area contributed by atoms with Crippen LogP contribution in [0.15, 0.2) is 0 Å². The fraction of sp³-hybridized carbons (Fsp3) is 0.875. The van der Waals surface area contributed by atoms with E-state index in [1.54, 1.807) is 0 Å². The number of ether oxygens (including phenoxy) is 1. The van der Waals surface area contributed by atoms with Crippen LogP contribution < -0.4 is 5.32 Å². The molecule has 1 aliphatic heterocycles. The monoisotopic (exact) mass is 297 g/mol. The molecule has 2 aliphatic rings. The number of carbonyl (C=O) groups is 2. The van der Waals surface area contributed by atoms with Gasteiger partial charge in [0.1, 0.15) is 5.54 Å². The highest BCUT2D eigenvalue weighted by atomic mass is 16.5. The Bertz CT molecular complexity index is 389. The molecule has 0 bridgehead atoms. The Morgan fingerprint density at radius 1 is 1.14 bits per heavy atom. The van der Waals surface area contributed by atoms with Crippen molar-refractivity contribution in [2.75, 3.05) is 13.2 Å². The van der Waals surface area contributed by atoms with Gasteiger partial charge < -0.3 is 15.2 Å². The summed E-state index contributed by atoms with van der Waals surface area (Å²) in [5.41, 5.74) is -0.737. The molecular formula is C16H27NO4. The number of nitrogens with one attached hydrogen (secondary N) is 1. The van der Waals surface area contributed by atoms with Crippen LogP contribution in [0.3, 0.4) is 0 Å². The average molecular weight is 297 g/mol. The van der Waals surface area contributed by atoms with Crippen LogP contribution in [0.5, 0.6) is 0 Å². The van der Waals surface area contributed by atoms with Crippen LogP contribution in [0.1, 0.15) is 58.8 Å². The van der Waals surface area contributed by atoms with Crippen molar-refractivity contribution in [1.29, 1.82) is 0 Å². The quantitative estimate of drug-likeness (QED) is 0.835. The molecule has 0 atom stereocenters. The number of carboxylic acids is 1. The number of aliphatic carboxylic acids is 1. The van der Waals surface area contributed by atoms with Crippen molar-refractivity contribution in [2.24, 2.45) is 11.3 Å². The van der Waals surface area contributed by atoms with Crippen LogP contribution in [0.4, 0.5) is 0 Å². The van der Waals surface area contributed by atoms with Gasteiger partial charge in [-0.05, 0) is 37.0 Å². The smallest absolute Gasteiger partial charge is 0.329 e. The minimum Gasteiger partial charge on any atom is -0.480 e. The molecule has 0 aromatic rings.